The van der Waals surface area contributed by atoms with Gasteiger partial charge in [0, 0.05) is 18.3 Å². The average molecular weight is 470 g/mol. The predicted molar refractivity (Wildman–Crippen MR) is 133 cm³/mol. The lowest BCUT2D eigenvalue weighted by molar-refractivity contribution is 0.0697. The van der Waals surface area contributed by atoms with E-state index in [-0.39, 0.29) is 17.6 Å². The maximum Gasteiger partial charge on any atom is 0.335 e. The summed E-state index contributed by atoms with van der Waals surface area (Å²) in [7, 11) is 0. The predicted octanol–water partition coefficient (Wildman–Crippen LogP) is 5.52. The summed E-state index contributed by atoms with van der Waals surface area (Å²) >= 11 is 5.74. The van der Waals surface area contributed by atoms with E-state index >= 15 is 0 Å². The molecule has 2 unspecified atom stereocenters. The zero-order valence-electron chi connectivity index (χ0n) is 18.5. The van der Waals surface area contributed by atoms with Gasteiger partial charge in [-0.3, -0.25) is 4.98 Å². The molecule has 0 radical (unpaired) electrons. The number of aromatic nitrogens is 1. The summed E-state index contributed by atoms with van der Waals surface area (Å²) < 4.78 is 6.39. The molecular formula is C27H23N3O3S. The van der Waals surface area contributed by atoms with Gasteiger partial charge in [0.15, 0.2) is 5.11 Å². The van der Waals surface area contributed by atoms with Gasteiger partial charge in [-0.2, -0.15) is 0 Å². The van der Waals surface area contributed by atoms with Gasteiger partial charge in [-0.15, -0.1) is 0 Å². The molecule has 3 heterocycles. The van der Waals surface area contributed by atoms with Gasteiger partial charge in [-0.25, -0.2) is 4.79 Å². The Morgan fingerprint density at radius 2 is 1.88 bits per heavy atom. The van der Waals surface area contributed by atoms with Crippen LogP contribution in [0.25, 0.3) is 11.3 Å². The monoisotopic (exact) mass is 469 g/mol. The third-order valence-electron chi connectivity index (χ3n) is 6.05. The molecule has 7 heteroatoms. The molecule has 2 aromatic heterocycles. The van der Waals surface area contributed by atoms with Crippen molar-refractivity contribution in [1.29, 1.82) is 0 Å². The highest BCUT2D eigenvalue weighted by Crippen LogP contribution is 2.41. The van der Waals surface area contributed by atoms with Crippen LogP contribution in [-0.2, 0) is 6.54 Å². The van der Waals surface area contributed by atoms with Crippen LogP contribution >= 0.6 is 12.2 Å². The lowest BCUT2D eigenvalue weighted by Crippen LogP contribution is -2.29. The average Bonchev–Trinajstić information content (AvgIpc) is 3.45. The number of pyridine rings is 1. The van der Waals surface area contributed by atoms with E-state index < -0.39 is 5.97 Å². The first-order chi connectivity index (χ1) is 16.5. The van der Waals surface area contributed by atoms with E-state index in [9.17, 15) is 9.90 Å². The van der Waals surface area contributed by atoms with Crippen molar-refractivity contribution in [2.45, 2.75) is 25.6 Å². The summed E-state index contributed by atoms with van der Waals surface area (Å²) in [5.41, 5.74) is 3.97. The van der Waals surface area contributed by atoms with Crippen molar-refractivity contribution in [2.75, 3.05) is 0 Å². The number of hydrogen-bond donors (Lipinski definition) is 2. The minimum atomic E-state index is -0.949. The molecular weight excluding hydrogens is 446 g/mol. The van der Waals surface area contributed by atoms with Crippen LogP contribution in [0, 0.1) is 6.92 Å². The lowest BCUT2D eigenvalue weighted by Gasteiger charge is -2.26. The summed E-state index contributed by atoms with van der Waals surface area (Å²) in [6.07, 6.45) is 1.78. The second kappa shape index (κ2) is 9.11. The fraction of sp³-hybridized carbons (Fsp3) is 0.148. The van der Waals surface area contributed by atoms with E-state index in [4.69, 9.17) is 16.6 Å². The number of nitrogens with zero attached hydrogens (tertiary/aromatic N) is 2. The van der Waals surface area contributed by atoms with Crippen LogP contribution < -0.4 is 5.32 Å². The van der Waals surface area contributed by atoms with E-state index in [0.29, 0.717) is 17.4 Å². The Balaban J connectivity index is 1.53. The fourth-order valence-corrected chi connectivity index (χ4v) is 4.70. The minimum Gasteiger partial charge on any atom is -0.478 e. The zero-order valence-corrected chi connectivity index (χ0v) is 19.3. The van der Waals surface area contributed by atoms with E-state index in [2.05, 4.69) is 27.3 Å². The molecule has 0 bridgehead atoms. The first kappa shape index (κ1) is 21.9. The second-order valence-corrected chi connectivity index (χ2v) is 8.66. The van der Waals surface area contributed by atoms with Gasteiger partial charge in [-0.1, -0.05) is 42.5 Å². The summed E-state index contributed by atoms with van der Waals surface area (Å²) in [6, 6.07) is 24.6. The molecule has 5 rings (SSSR count). The number of aryl methyl sites for hydroxylation is 1. The SMILES string of the molecule is Cc1cc(C(=O)O)ccc1-c1ccc(C2C(c3ccccn3)NC(=S)N2Cc2ccccc2)o1. The molecule has 2 atom stereocenters. The van der Waals surface area contributed by atoms with E-state index in [1.807, 2.05) is 55.5 Å². The number of thiocarbonyl (C=S) groups is 1. The molecule has 0 amide bonds. The molecule has 4 aromatic rings. The molecule has 0 aliphatic carbocycles. The van der Waals surface area contributed by atoms with Crippen molar-refractivity contribution in [3.8, 4) is 11.3 Å². The highest BCUT2D eigenvalue weighted by Gasteiger charge is 2.41. The van der Waals surface area contributed by atoms with Gasteiger partial charge in [-0.05, 0) is 66.7 Å². The Hall–Kier alpha value is -3.97. The van der Waals surface area contributed by atoms with Crippen LogP contribution in [0.5, 0.6) is 0 Å². The van der Waals surface area contributed by atoms with Gasteiger partial charge in [0.2, 0.25) is 0 Å². The van der Waals surface area contributed by atoms with Gasteiger partial charge in [0.1, 0.15) is 17.6 Å². The fourth-order valence-electron chi connectivity index (χ4n) is 4.39. The third-order valence-corrected chi connectivity index (χ3v) is 6.40. The highest BCUT2D eigenvalue weighted by atomic mass is 32.1. The minimum absolute atomic E-state index is 0.174. The summed E-state index contributed by atoms with van der Waals surface area (Å²) in [4.78, 5) is 18.0. The van der Waals surface area contributed by atoms with Crippen LogP contribution in [0.1, 0.15) is 45.0 Å². The largest absolute Gasteiger partial charge is 0.478 e. The van der Waals surface area contributed by atoms with Crippen LogP contribution in [0.15, 0.2) is 89.5 Å². The first-order valence-corrected chi connectivity index (χ1v) is 11.4. The maximum atomic E-state index is 11.3. The Bertz CT molecular complexity index is 1340. The van der Waals surface area contributed by atoms with Crippen molar-refractivity contribution in [3.63, 3.8) is 0 Å². The Labute approximate surface area is 202 Å². The summed E-state index contributed by atoms with van der Waals surface area (Å²) in [5, 5.41) is 13.4. The molecule has 2 aromatic carbocycles. The van der Waals surface area contributed by atoms with Crippen LogP contribution in [-0.4, -0.2) is 26.1 Å². The molecule has 0 spiro atoms. The van der Waals surface area contributed by atoms with E-state index in [1.54, 1.807) is 24.4 Å². The zero-order chi connectivity index (χ0) is 23.7. The number of nitrogens with one attached hydrogen (secondary N) is 1. The molecule has 1 fully saturated rings. The Morgan fingerprint density at radius 3 is 2.59 bits per heavy atom. The number of hydrogen-bond acceptors (Lipinski definition) is 4. The number of benzene rings is 2. The number of aromatic carboxylic acids is 1. The standard InChI is InChI=1S/C27H23N3O3S/c1-17-15-19(26(31)32)10-11-20(17)22-12-13-23(33-22)25-24(21-9-5-6-14-28-21)29-27(34)30(25)16-18-7-3-2-4-8-18/h2-15,24-25H,16H2,1H3,(H,29,34)(H,31,32). The number of furan rings is 1. The number of carboxylic acids is 1. The van der Waals surface area contributed by atoms with Crippen LogP contribution in [0.4, 0.5) is 0 Å². The number of rotatable bonds is 6. The van der Waals surface area contributed by atoms with Crippen LogP contribution in [0.3, 0.4) is 0 Å². The second-order valence-electron chi connectivity index (χ2n) is 8.28. The molecule has 1 aliphatic heterocycles. The third kappa shape index (κ3) is 4.18. The molecule has 1 saturated heterocycles. The van der Waals surface area contributed by atoms with Crippen molar-refractivity contribution < 1.29 is 14.3 Å². The number of carboxylic acid groups (broad SMARTS) is 1. The van der Waals surface area contributed by atoms with Crippen molar-refractivity contribution in [2.24, 2.45) is 0 Å². The van der Waals surface area contributed by atoms with E-state index in [0.717, 1.165) is 28.1 Å². The van der Waals surface area contributed by atoms with Crippen molar-refractivity contribution >= 4 is 23.3 Å². The maximum absolute atomic E-state index is 11.3. The van der Waals surface area contributed by atoms with Gasteiger partial charge in [0.05, 0.1) is 17.3 Å². The summed E-state index contributed by atoms with van der Waals surface area (Å²) in [5.74, 6) is 0.493. The first-order valence-electron chi connectivity index (χ1n) is 11.0. The molecule has 2 N–H and O–H groups in total. The van der Waals surface area contributed by atoms with E-state index in [1.165, 1.54) is 0 Å². The molecule has 0 saturated carbocycles. The molecule has 170 valence electrons. The normalized spacial score (nSPS) is 17.6. The van der Waals surface area contributed by atoms with Gasteiger partial charge < -0.3 is 19.7 Å². The highest BCUT2D eigenvalue weighted by molar-refractivity contribution is 7.80. The Morgan fingerprint density at radius 1 is 1.09 bits per heavy atom. The molecule has 6 nitrogen and oxygen atoms in total. The molecule has 1 aliphatic rings. The van der Waals surface area contributed by atoms with Crippen LogP contribution in [0.2, 0.25) is 0 Å². The smallest absolute Gasteiger partial charge is 0.335 e. The molecule has 34 heavy (non-hydrogen) atoms. The Kier molecular flexibility index (Phi) is 5.86. The van der Waals surface area contributed by atoms with Crippen molar-refractivity contribution in [3.05, 3.63) is 113 Å². The van der Waals surface area contributed by atoms with Gasteiger partial charge in [0.25, 0.3) is 0 Å². The quantitative estimate of drug-likeness (QED) is 0.360. The van der Waals surface area contributed by atoms with Crippen molar-refractivity contribution in [1.82, 2.24) is 15.2 Å². The lowest BCUT2D eigenvalue weighted by atomic mass is 10.0. The van der Waals surface area contributed by atoms with Gasteiger partial charge >= 0.3 is 5.97 Å². The number of carbonyl (C=O) groups is 1. The topological polar surface area (TPSA) is 78.6 Å². The summed E-state index contributed by atoms with van der Waals surface area (Å²) in [6.45, 7) is 2.51.